The van der Waals surface area contributed by atoms with Crippen molar-refractivity contribution in [3.63, 3.8) is 0 Å². The van der Waals surface area contributed by atoms with E-state index in [9.17, 15) is 9.18 Å². The van der Waals surface area contributed by atoms with E-state index >= 15 is 0 Å². The van der Waals surface area contributed by atoms with Gasteiger partial charge < -0.3 is 4.74 Å². The lowest BCUT2D eigenvalue weighted by molar-refractivity contribution is 0.0323. The van der Waals surface area contributed by atoms with E-state index in [4.69, 9.17) is 27.9 Å². The summed E-state index contributed by atoms with van der Waals surface area (Å²) in [6.07, 6.45) is -0.597. The van der Waals surface area contributed by atoms with Crippen LogP contribution in [0.1, 0.15) is 5.56 Å². The molecule has 3 nitrogen and oxygen atoms in total. The lowest BCUT2D eigenvalue weighted by Crippen LogP contribution is -2.34. The summed E-state index contributed by atoms with van der Waals surface area (Å²) in [6.45, 7) is -0.804. The summed E-state index contributed by atoms with van der Waals surface area (Å²) in [5.41, 5.74) is -0.309. The minimum absolute atomic E-state index is 0.0585. The van der Waals surface area contributed by atoms with Crippen LogP contribution in [0, 0.1) is 0 Å². The number of hydrogen-bond acceptors (Lipinski definition) is 2. The molecular formula is C16H12Cl2FNO2. The largest absolute Gasteiger partial charge is 0.433 e. The number of carbonyl (C=O) groups excluding carboxylic acids is 1. The Balaban J connectivity index is 2.00. The average molecular weight is 340 g/mol. The second-order valence-corrected chi connectivity index (χ2v) is 5.95. The quantitative estimate of drug-likeness (QED) is 0.802. The second kappa shape index (κ2) is 5.78. The molecule has 0 saturated carbocycles. The molecule has 1 unspecified atom stereocenters. The highest BCUT2D eigenvalue weighted by atomic mass is 35.5. The van der Waals surface area contributed by atoms with Crippen LogP contribution in [0.15, 0.2) is 48.5 Å². The maximum absolute atomic E-state index is 13.8. The SMILES string of the molecule is O=C1OC(CF)(c2cc(Cl)cc(Cl)c2)CN1c1ccccc1. The number of nitrogens with zero attached hydrogens (tertiary/aromatic N) is 1. The molecule has 1 heterocycles. The molecule has 2 aromatic rings. The van der Waals surface area contributed by atoms with Gasteiger partial charge in [0.1, 0.15) is 6.67 Å². The van der Waals surface area contributed by atoms with Crippen molar-refractivity contribution in [3.8, 4) is 0 Å². The van der Waals surface area contributed by atoms with Gasteiger partial charge in [-0.3, -0.25) is 4.90 Å². The highest BCUT2D eigenvalue weighted by Gasteiger charge is 2.47. The first kappa shape index (κ1) is 15.1. The molecule has 1 aliphatic heterocycles. The number of cyclic esters (lactones) is 1. The average Bonchev–Trinajstić information content (AvgIpc) is 2.85. The Labute approximate surface area is 137 Å². The highest BCUT2D eigenvalue weighted by molar-refractivity contribution is 6.34. The number of amides is 1. The molecule has 0 bridgehead atoms. The first-order chi connectivity index (χ1) is 10.5. The van der Waals surface area contributed by atoms with Crippen molar-refractivity contribution in [1.82, 2.24) is 0 Å². The third kappa shape index (κ3) is 2.64. The van der Waals surface area contributed by atoms with E-state index < -0.39 is 18.4 Å². The minimum atomic E-state index is -1.40. The second-order valence-electron chi connectivity index (χ2n) is 5.08. The van der Waals surface area contributed by atoms with E-state index in [1.165, 1.54) is 4.90 Å². The van der Waals surface area contributed by atoms with Gasteiger partial charge in [0.25, 0.3) is 0 Å². The predicted octanol–water partition coefficient (Wildman–Crippen LogP) is 4.82. The third-order valence-electron chi connectivity index (χ3n) is 3.59. The molecule has 0 radical (unpaired) electrons. The molecule has 6 heteroatoms. The van der Waals surface area contributed by atoms with Crippen LogP contribution in [0.4, 0.5) is 14.9 Å². The molecule has 1 saturated heterocycles. The summed E-state index contributed by atoms with van der Waals surface area (Å²) in [6, 6.07) is 13.6. The van der Waals surface area contributed by atoms with E-state index in [1.807, 2.05) is 6.07 Å². The molecule has 0 spiro atoms. The molecule has 1 amide bonds. The zero-order valence-corrected chi connectivity index (χ0v) is 12.9. The number of para-hydroxylation sites is 1. The lowest BCUT2D eigenvalue weighted by atomic mass is 9.95. The van der Waals surface area contributed by atoms with Crippen molar-refractivity contribution >= 4 is 35.0 Å². The van der Waals surface area contributed by atoms with Crippen molar-refractivity contribution in [2.24, 2.45) is 0 Å². The van der Waals surface area contributed by atoms with Crippen LogP contribution in [-0.4, -0.2) is 19.3 Å². The van der Waals surface area contributed by atoms with Gasteiger partial charge in [0, 0.05) is 21.3 Å². The summed E-state index contributed by atoms with van der Waals surface area (Å²) in [5, 5.41) is 0.731. The van der Waals surface area contributed by atoms with Crippen LogP contribution in [0.25, 0.3) is 0 Å². The maximum Gasteiger partial charge on any atom is 0.415 e. The molecule has 22 heavy (non-hydrogen) atoms. The van der Waals surface area contributed by atoms with Crippen molar-refractivity contribution in [2.75, 3.05) is 18.1 Å². The van der Waals surface area contributed by atoms with Gasteiger partial charge in [-0.05, 0) is 30.3 Å². The van der Waals surface area contributed by atoms with E-state index in [0.29, 0.717) is 21.3 Å². The first-order valence-corrected chi connectivity index (χ1v) is 7.38. The number of benzene rings is 2. The van der Waals surface area contributed by atoms with Crippen LogP contribution in [0.5, 0.6) is 0 Å². The molecular weight excluding hydrogens is 328 g/mol. The highest BCUT2D eigenvalue weighted by Crippen LogP contribution is 2.38. The molecule has 3 rings (SSSR count). The monoisotopic (exact) mass is 339 g/mol. The molecule has 1 aliphatic rings. The fourth-order valence-corrected chi connectivity index (χ4v) is 3.02. The number of halogens is 3. The normalized spacial score (nSPS) is 21.0. The Hall–Kier alpha value is -1.78. The van der Waals surface area contributed by atoms with Gasteiger partial charge in [0.15, 0.2) is 5.60 Å². The molecule has 0 aromatic heterocycles. The van der Waals surface area contributed by atoms with E-state index in [1.54, 1.807) is 42.5 Å². The van der Waals surface area contributed by atoms with Gasteiger partial charge in [0.2, 0.25) is 0 Å². The first-order valence-electron chi connectivity index (χ1n) is 6.62. The summed E-state index contributed by atoms with van der Waals surface area (Å²) < 4.78 is 19.1. The fraction of sp³-hybridized carbons (Fsp3) is 0.188. The molecule has 2 aromatic carbocycles. The fourth-order valence-electron chi connectivity index (χ4n) is 2.49. The van der Waals surface area contributed by atoms with Gasteiger partial charge in [0.05, 0.1) is 6.54 Å². The number of ether oxygens (including phenoxy) is 1. The minimum Gasteiger partial charge on any atom is -0.433 e. The van der Waals surface area contributed by atoms with Crippen molar-refractivity contribution < 1.29 is 13.9 Å². The van der Waals surface area contributed by atoms with Crippen LogP contribution in [0.2, 0.25) is 10.0 Å². The number of anilines is 1. The number of rotatable bonds is 3. The van der Waals surface area contributed by atoms with Gasteiger partial charge >= 0.3 is 6.09 Å². The zero-order chi connectivity index (χ0) is 15.7. The Morgan fingerprint density at radius 1 is 1.14 bits per heavy atom. The van der Waals surface area contributed by atoms with Gasteiger partial charge in [-0.25, -0.2) is 9.18 Å². The lowest BCUT2D eigenvalue weighted by Gasteiger charge is -2.24. The summed E-state index contributed by atoms with van der Waals surface area (Å²) in [4.78, 5) is 13.6. The van der Waals surface area contributed by atoms with Crippen LogP contribution >= 0.6 is 23.2 Å². The molecule has 1 fully saturated rings. The Morgan fingerprint density at radius 3 is 2.36 bits per heavy atom. The van der Waals surface area contributed by atoms with Crippen LogP contribution in [0.3, 0.4) is 0 Å². The third-order valence-corrected chi connectivity index (χ3v) is 4.03. The Morgan fingerprint density at radius 2 is 1.77 bits per heavy atom. The summed E-state index contributed by atoms with van der Waals surface area (Å²) in [5.74, 6) is 0. The smallest absolute Gasteiger partial charge is 0.415 e. The summed E-state index contributed by atoms with van der Waals surface area (Å²) >= 11 is 12.0. The zero-order valence-electron chi connectivity index (χ0n) is 11.4. The molecule has 0 aliphatic carbocycles. The van der Waals surface area contributed by atoms with Gasteiger partial charge in [-0.15, -0.1) is 0 Å². The molecule has 0 N–H and O–H groups in total. The molecule has 1 atom stereocenters. The predicted molar refractivity (Wildman–Crippen MR) is 84.4 cm³/mol. The standard InChI is InChI=1S/C16H12Cl2FNO2/c17-12-6-11(7-13(18)8-12)16(9-19)10-20(15(21)22-16)14-4-2-1-3-5-14/h1-8H,9-10H2. The van der Waals surface area contributed by atoms with Crippen LogP contribution < -0.4 is 4.90 Å². The Bertz CT molecular complexity index is 690. The van der Waals surface area contributed by atoms with E-state index in [2.05, 4.69) is 0 Å². The maximum atomic E-state index is 13.8. The van der Waals surface area contributed by atoms with Crippen molar-refractivity contribution in [2.45, 2.75) is 5.60 Å². The molecule has 114 valence electrons. The topological polar surface area (TPSA) is 29.5 Å². The van der Waals surface area contributed by atoms with Crippen molar-refractivity contribution in [1.29, 1.82) is 0 Å². The van der Waals surface area contributed by atoms with E-state index in [0.717, 1.165) is 0 Å². The number of carbonyl (C=O) groups is 1. The van der Waals surface area contributed by atoms with E-state index in [-0.39, 0.29) is 6.54 Å². The summed E-state index contributed by atoms with van der Waals surface area (Å²) in [7, 11) is 0. The number of hydrogen-bond donors (Lipinski definition) is 0. The van der Waals surface area contributed by atoms with Gasteiger partial charge in [-0.1, -0.05) is 41.4 Å². The van der Waals surface area contributed by atoms with Crippen LogP contribution in [-0.2, 0) is 10.3 Å². The number of alkyl halides is 1. The van der Waals surface area contributed by atoms with Crippen molar-refractivity contribution in [3.05, 3.63) is 64.1 Å². The van der Waals surface area contributed by atoms with Gasteiger partial charge in [-0.2, -0.15) is 0 Å². The Kier molecular flexibility index (Phi) is 3.98.